The number of oxime groups is 1. The molecule has 5 aliphatic rings. The van der Waals surface area contributed by atoms with Crippen LogP contribution in [-0.2, 0) is 9.63 Å². The van der Waals surface area contributed by atoms with Gasteiger partial charge >= 0.3 is 5.97 Å². The van der Waals surface area contributed by atoms with Crippen LogP contribution in [0.5, 0.6) is 0 Å². The zero-order chi connectivity index (χ0) is 13.0. The fourth-order valence-corrected chi connectivity index (χ4v) is 5.37. The second-order valence-corrected chi connectivity index (χ2v) is 7.16. The number of nitrogens with zero attached hydrogens (tertiary/aromatic N) is 1. The Hall–Kier alpha value is -0.900. The summed E-state index contributed by atoms with van der Waals surface area (Å²) in [6.45, 7) is 0. The van der Waals surface area contributed by atoms with Gasteiger partial charge in [-0.2, -0.15) is 0 Å². The molecule has 1 atom stereocenters. The Morgan fingerprint density at radius 1 is 1.16 bits per heavy atom. The highest BCUT2D eigenvalue weighted by molar-refractivity contribution is 6.04. The zero-order valence-electron chi connectivity index (χ0n) is 11.3. The van der Waals surface area contributed by atoms with Crippen molar-refractivity contribution >= 4 is 11.7 Å². The molecular formula is C15H22N2O2. The third-order valence-electron chi connectivity index (χ3n) is 5.97. The lowest BCUT2D eigenvalue weighted by atomic mass is 9.51. The lowest BCUT2D eigenvalue weighted by Crippen LogP contribution is -2.47. The van der Waals surface area contributed by atoms with Gasteiger partial charge in [-0.25, -0.2) is 4.79 Å². The highest BCUT2D eigenvalue weighted by Gasteiger charge is 2.48. The number of carbonyl (C=O) groups is 1. The molecule has 0 aromatic carbocycles. The van der Waals surface area contributed by atoms with E-state index < -0.39 is 0 Å². The standard InChI is InChI=1S/C15H22N2O2/c16-13(14-7-15(18)19-17-14)6-12-10-2-8-1-9(4-10)5-11(12)3-8/h8-13H,1-7,16H2. The average molecular weight is 262 g/mol. The Morgan fingerprint density at radius 2 is 1.79 bits per heavy atom. The molecule has 4 fully saturated rings. The van der Waals surface area contributed by atoms with Crippen LogP contribution in [0.2, 0.25) is 0 Å². The van der Waals surface area contributed by atoms with Gasteiger partial charge in [0.2, 0.25) is 0 Å². The van der Waals surface area contributed by atoms with E-state index >= 15 is 0 Å². The smallest absolute Gasteiger partial charge is 0.323 e. The van der Waals surface area contributed by atoms with E-state index in [4.69, 9.17) is 5.73 Å². The van der Waals surface area contributed by atoms with Crippen molar-refractivity contribution in [3.8, 4) is 0 Å². The molecule has 4 aliphatic carbocycles. The summed E-state index contributed by atoms with van der Waals surface area (Å²) >= 11 is 0. The molecule has 2 N–H and O–H groups in total. The summed E-state index contributed by atoms with van der Waals surface area (Å²) in [6, 6.07) is -0.0750. The molecule has 104 valence electrons. The first kappa shape index (κ1) is 11.9. The molecule has 0 saturated heterocycles. The monoisotopic (exact) mass is 262 g/mol. The van der Waals surface area contributed by atoms with Gasteiger partial charge in [-0.1, -0.05) is 5.16 Å². The predicted molar refractivity (Wildman–Crippen MR) is 71.3 cm³/mol. The first-order valence-corrected chi connectivity index (χ1v) is 7.71. The molecule has 1 heterocycles. The van der Waals surface area contributed by atoms with Crippen LogP contribution in [0.25, 0.3) is 0 Å². The van der Waals surface area contributed by atoms with E-state index in [-0.39, 0.29) is 12.0 Å². The highest BCUT2D eigenvalue weighted by atomic mass is 16.7. The Bertz CT molecular complexity index is 404. The number of hydrogen-bond acceptors (Lipinski definition) is 4. The minimum absolute atomic E-state index is 0.0750. The molecule has 4 saturated carbocycles. The van der Waals surface area contributed by atoms with Crippen LogP contribution in [0.3, 0.4) is 0 Å². The van der Waals surface area contributed by atoms with E-state index in [0.29, 0.717) is 6.42 Å². The first-order chi connectivity index (χ1) is 9.19. The quantitative estimate of drug-likeness (QED) is 0.792. The van der Waals surface area contributed by atoms with Gasteiger partial charge in [-0.05, 0) is 68.1 Å². The highest BCUT2D eigenvalue weighted by Crippen LogP contribution is 2.57. The summed E-state index contributed by atoms with van der Waals surface area (Å²) in [5.41, 5.74) is 7.02. The minimum atomic E-state index is -0.254. The molecule has 5 rings (SSSR count). The topological polar surface area (TPSA) is 64.7 Å². The second kappa shape index (κ2) is 4.30. The van der Waals surface area contributed by atoms with Crippen molar-refractivity contribution in [2.45, 2.75) is 51.0 Å². The van der Waals surface area contributed by atoms with Gasteiger partial charge in [0.15, 0.2) is 0 Å². The van der Waals surface area contributed by atoms with Crippen LogP contribution in [-0.4, -0.2) is 17.7 Å². The summed E-state index contributed by atoms with van der Waals surface area (Å²) in [4.78, 5) is 15.8. The summed E-state index contributed by atoms with van der Waals surface area (Å²) in [5, 5.41) is 3.84. The SMILES string of the molecule is NC(CC1C2CC3CC(C2)CC1C3)C1=NOC(=O)C1. The Balaban J connectivity index is 1.44. The Kier molecular flexibility index (Phi) is 2.69. The molecule has 1 unspecified atom stereocenters. The second-order valence-electron chi connectivity index (χ2n) is 7.16. The zero-order valence-corrected chi connectivity index (χ0v) is 11.3. The molecule has 4 bridgehead atoms. The number of hydrogen-bond donors (Lipinski definition) is 1. The lowest BCUT2D eigenvalue weighted by Gasteiger charge is -2.55. The third-order valence-corrected chi connectivity index (χ3v) is 5.97. The van der Waals surface area contributed by atoms with Crippen molar-refractivity contribution in [1.82, 2.24) is 0 Å². The van der Waals surface area contributed by atoms with Gasteiger partial charge in [0.25, 0.3) is 0 Å². The lowest BCUT2D eigenvalue weighted by molar-refractivity contribution is -0.140. The van der Waals surface area contributed by atoms with E-state index in [1.54, 1.807) is 0 Å². The molecule has 0 aromatic heterocycles. The molecule has 4 nitrogen and oxygen atoms in total. The maximum Gasteiger partial charge on any atom is 0.340 e. The third kappa shape index (κ3) is 2.00. The van der Waals surface area contributed by atoms with Gasteiger partial charge in [0, 0.05) is 6.04 Å². The van der Waals surface area contributed by atoms with Crippen LogP contribution >= 0.6 is 0 Å². The molecule has 0 radical (unpaired) electrons. The van der Waals surface area contributed by atoms with E-state index in [1.807, 2.05) is 0 Å². The van der Waals surface area contributed by atoms with Gasteiger partial charge in [0.05, 0.1) is 12.1 Å². The van der Waals surface area contributed by atoms with Crippen LogP contribution in [0.1, 0.15) is 44.9 Å². The Labute approximate surface area is 113 Å². The van der Waals surface area contributed by atoms with Crippen molar-refractivity contribution in [3.63, 3.8) is 0 Å². The van der Waals surface area contributed by atoms with Gasteiger partial charge in [-0.15, -0.1) is 0 Å². The van der Waals surface area contributed by atoms with Crippen molar-refractivity contribution < 1.29 is 9.63 Å². The number of carbonyl (C=O) groups excluding carboxylic acids is 1. The maximum atomic E-state index is 11.1. The van der Waals surface area contributed by atoms with E-state index in [2.05, 4.69) is 9.99 Å². The van der Waals surface area contributed by atoms with Gasteiger partial charge in [0.1, 0.15) is 0 Å². The fourth-order valence-electron chi connectivity index (χ4n) is 5.37. The molecule has 0 aromatic rings. The van der Waals surface area contributed by atoms with Crippen LogP contribution in [0.15, 0.2) is 5.16 Å². The van der Waals surface area contributed by atoms with Crippen molar-refractivity contribution in [3.05, 3.63) is 0 Å². The summed E-state index contributed by atoms with van der Waals surface area (Å²) in [6.07, 6.45) is 8.48. The predicted octanol–water partition coefficient (Wildman–Crippen LogP) is 2.08. The van der Waals surface area contributed by atoms with E-state index in [9.17, 15) is 4.79 Å². The van der Waals surface area contributed by atoms with E-state index in [1.165, 1.54) is 32.1 Å². The van der Waals surface area contributed by atoms with Crippen LogP contribution < -0.4 is 5.73 Å². The number of rotatable bonds is 3. The summed E-state index contributed by atoms with van der Waals surface area (Å²) in [7, 11) is 0. The van der Waals surface area contributed by atoms with Crippen LogP contribution in [0, 0.1) is 29.6 Å². The van der Waals surface area contributed by atoms with Crippen molar-refractivity contribution in [2.24, 2.45) is 40.5 Å². The molecule has 0 amide bonds. The summed E-state index contributed by atoms with van der Waals surface area (Å²) < 4.78 is 0. The molecule has 1 aliphatic heterocycles. The molecular weight excluding hydrogens is 240 g/mol. The maximum absolute atomic E-state index is 11.1. The van der Waals surface area contributed by atoms with Crippen molar-refractivity contribution in [1.29, 1.82) is 0 Å². The van der Waals surface area contributed by atoms with Crippen molar-refractivity contribution in [2.75, 3.05) is 0 Å². The summed E-state index contributed by atoms with van der Waals surface area (Å²) in [5.74, 6) is 4.30. The minimum Gasteiger partial charge on any atom is -0.323 e. The fraction of sp³-hybridized carbons (Fsp3) is 0.867. The van der Waals surface area contributed by atoms with E-state index in [0.717, 1.165) is 41.7 Å². The first-order valence-electron chi connectivity index (χ1n) is 7.71. The molecule has 4 heteroatoms. The van der Waals surface area contributed by atoms with Gasteiger partial charge < -0.3 is 10.6 Å². The molecule has 0 spiro atoms. The largest absolute Gasteiger partial charge is 0.340 e. The van der Waals surface area contributed by atoms with Crippen LogP contribution in [0.4, 0.5) is 0 Å². The number of nitrogens with two attached hydrogens (primary N) is 1. The van der Waals surface area contributed by atoms with Gasteiger partial charge in [-0.3, -0.25) is 0 Å². The average Bonchev–Trinajstić information content (AvgIpc) is 2.79. The normalized spacial score (nSPS) is 45.2. The molecule has 19 heavy (non-hydrogen) atoms. The Morgan fingerprint density at radius 3 is 2.32 bits per heavy atom.